The SMILES string of the molecule is CSc1ccc(Cl)cc1NC(=O)N(CCCCO)C1CC1. The molecule has 0 radical (unpaired) electrons. The molecule has 21 heavy (non-hydrogen) atoms. The molecule has 1 aromatic rings. The molecular formula is C15H21ClN2O2S. The van der Waals surface area contributed by atoms with Crippen LogP contribution in [0.15, 0.2) is 23.1 Å². The van der Waals surface area contributed by atoms with Gasteiger partial charge in [-0.3, -0.25) is 0 Å². The number of aliphatic hydroxyl groups excluding tert-OH is 1. The number of halogens is 1. The Labute approximate surface area is 134 Å². The highest BCUT2D eigenvalue weighted by molar-refractivity contribution is 7.98. The van der Waals surface area contributed by atoms with Crippen LogP contribution >= 0.6 is 23.4 Å². The number of amides is 2. The van der Waals surface area contributed by atoms with E-state index in [1.54, 1.807) is 17.8 Å². The van der Waals surface area contributed by atoms with Crippen molar-refractivity contribution < 1.29 is 9.90 Å². The highest BCUT2D eigenvalue weighted by Crippen LogP contribution is 2.31. The molecule has 0 saturated heterocycles. The summed E-state index contributed by atoms with van der Waals surface area (Å²) in [4.78, 5) is 15.3. The Hall–Kier alpha value is -0.910. The Balaban J connectivity index is 2.02. The molecule has 6 heteroatoms. The minimum absolute atomic E-state index is 0.0759. The molecule has 0 atom stereocenters. The van der Waals surface area contributed by atoms with Gasteiger partial charge in [0, 0.05) is 29.1 Å². The lowest BCUT2D eigenvalue weighted by Gasteiger charge is -2.23. The van der Waals surface area contributed by atoms with Gasteiger partial charge in [0.1, 0.15) is 0 Å². The van der Waals surface area contributed by atoms with Gasteiger partial charge in [0.15, 0.2) is 0 Å². The van der Waals surface area contributed by atoms with Crippen LogP contribution in [0, 0.1) is 0 Å². The van der Waals surface area contributed by atoms with Gasteiger partial charge in [-0.15, -0.1) is 11.8 Å². The van der Waals surface area contributed by atoms with Crippen LogP contribution in [-0.4, -0.2) is 41.5 Å². The molecular weight excluding hydrogens is 308 g/mol. The Morgan fingerprint density at radius 1 is 1.48 bits per heavy atom. The highest BCUT2D eigenvalue weighted by atomic mass is 35.5. The van der Waals surface area contributed by atoms with E-state index in [2.05, 4.69) is 5.32 Å². The van der Waals surface area contributed by atoms with Crippen LogP contribution in [0.25, 0.3) is 0 Å². The van der Waals surface area contributed by atoms with Crippen LogP contribution in [0.5, 0.6) is 0 Å². The van der Waals surface area contributed by atoms with Crippen molar-refractivity contribution in [2.45, 2.75) is 36.6 Å². The molecule has 1 aromatic carbocycles. The summed E-state index contributed by atoms with van der Waals surface area (Å²) in [6.45, 7) is 0.858. The third-order valence-corrected chi connectivity index (χ3v) is 4.49. The molecule has 1 aliphatic carbocycles. The quantitative estimate of drug-likeness (QED) is 0.591. The maximum atomic E-state index is 12.5. The van der Waals surface area contributed by atoms with Gasteiger partial charge in [0.05, 0.1) is 5.69 Å². The molecule has 2 amide bonds. The first-order chi connectivity index (χ1) is 10.2. The molecule has 2 N–H and O–H groups in total. The lowest BCUT2D eigenvalue weighted by molar-refractivity contribution is 0.204. The molecule has 0 aliphatic heterocycles. The minimum Gasteiger partial charge on any atom is -0.396 e. The van der Waals surface area contributed by atoms with Crippen LogP contribution in [0.2, 0.25) is 5.02 Å². The number of hydrogen-bond donors (Lipinski definition) is 2. The van der Waals surface area contributed by atoms with E-state index in [0.717, 1.165) is 36.3 Å². The van der Waals surface area contributed by atoms with Gasteiger partial charge in [0.2, 0.25) is 0 Å². The van der Waals surface area contributed by atoms with Crippen LogP contribution in [0.1, 0.15) is 25.7 Å². The fourth-order valence-corrected chi connectivity index (χ4v) is 2.90. The number of hydrogen-bond acceptors (Lipinski definition) is 3. The number of aliphatic hydroxyl groups is 1. The minimum atomic E-state index is -0.0759. The monoisotopic (exact) mass is 328 g/mol. The van der Waals surface area contributed by atoms with Crippen molar-refractivity contribution in [3.05, 3.63) is 23.2 Å². The summed E-state index contributed by atoms with van der Waals surface area (Å²) >= 11 is 7.59. The average Bonchev–Trinajstić information content (AvgIpc) is 3.28. The number of unbranched alkanes of at least 4 members (excludes halogenated alkanes) is 1. The lowest BCUT2D eigenvalue weighted by atomic mass is 10.3. The van der Waals surface area contributed by atoms with Crippen molar-refractivity contribution in [2.24, 2.45) is 0 Å². The molecule has 116 valence electrons. The van der Waals surface area contributed by atoms with Crippen molar-refractivity contribution in [1.29, 1.82) is 0 Å². The normalized spacial score (nSPS) is 14.0. The van der Waals surface area contributed by atoms with Gasteiger partial charge >= 0.3 is 6.03 Å². The summed E-state index contributed by atoms with van der Waals surface area (Å²) in [6.07, 6.45) is 5.66. The third-order valence-electron chi connectivity index (χ3n) is 3.46. The molecule has 1 aliphatic rings. The van der Waals surface area contributed by atoms with Crippen molar-refractivity contribution >= 4 is 35.1 Å². The largest absolute Gasteiger partial charge is 0.396 e. The maximum absolute atomic E-state index is 12.5. The number of benzene rings is 1. The van der Waals surface area contributed by atoms with Crippen LogP contribution in [0.3, 0.4) is 0 Å². The number of anilines is 1. The number of nitrogens with one attached hydrogen (secondary N) is 1. The van der Waals surface area contributed by atoms with E-state index in [-0.39, 0.29) is 12.6 Å². The third kappa shape index (κ3) is 4.80. The lowest BCUT2D eigenvalue weighted by Crippen LogP contribution is -2.37. The van der Waals surface area contributed by atoms with Crippen molar-refractivity contribution in [1.82, 2.24) is 4.90 Å². The zero-order valence-corrected chi connectivity index (χ0v) is 13.7. The number of urea groups is 1. The summed E-state index contributed by atoms with van der Waals surface area (Å²) in [5.41, 5.74) is 0.757. The van der Waals surface area contributed by atoms with Gasteiger partial charge in [0.25, 0.3) is 0 Å². The molecule has 0 bridgehead atoms. The molecule has 2 rings (SSSR count). The molecule has 0 spiro atoms. The summed E-state index contributed by atoms with van der Waals surface area (Å²) in [5, 5.41) is 12.5. The summed E-state index contributed by atoms with van der Waals surface area (Å²) < 4.78 is 0. The first-order valence-electron chi connectivity index (χ1n) is 7.17. The number of thioether (sulfide) groups is 1. The van der Waals surface area contributed by atoms with E-state index in [4.69, 9.17) is 16.7 Å². The predicted molar refractivity (Wildman–Crippen MR) is 88.3 cm³/mol. The summed E-state index contributed by atoms with van der Waals surface area (Å²) in [7, 11) is 0. The molecule has 0 aromatic heterocycles. The second-order valence-electron chi connectivity index (χ2n) is 5.13. The van der Waals surface area contributed by atoms with E-state index in [1.807, 2.05) is 23.3 Å². The Morgan fingerprint density at radius 2 is 2.24 bits per heavy atom. The van der Waals surface area contributed by atoms with E-state index >= 15 is 0 Å². The van der Waals surface area contributed by atoms with Gasteiger partial charge in [-0.25, -0.2) is 4.79 Å². The fraction of sp³-hybridized carbons (Fsp3) is 0.533. The summed E-state index contributed by atoms with van der Waals surface area (Å²) in [5.74, 6) is 0. The van der Waals surface area contributed by atoms with E-state index in [0.29, 0.717) is 17.6 Å². The Kier molecular flexibility index (Phi) is 6.21. The first kappa shape index (κ1) is 16.5. The molecule has 0 heterocycles. The smallest absolute Gasteiger partial charge is 0.322 e. The number of carbonyl (C=O) groups excluding carboxylic acids is 1. The zero-order valence-electron chi connectivity index (χ0n) is 12.1. The summed E-state index contributed by atoms with van der Waals surface area (Å²) in [6, 6.07) is 5.79. The van der Waals surface area contributed by atoms with Crippen molar-refractivity contribution in [3.63, 3.8) is 0 Å². The van der Waals surface area contributed by atoms with Gasteiger partial charge < -0.3 is 15.3 Å². The van der Waals surface area contributed by atoms with Crippen molar-refractivity contribution in [3.8, 4) is 0 Å². The van der Waals surface area contributed by atoms with Gasteiger partial charge in [-0.1, -0.05) is 11.6 Å². The number of carbonyl (C=O) groups is 1. The van der Waals surface area contributed by atoms with E-state index in [1.165, 1.54) is 0 Å². The topological polar surface area (TPSA) is 52.6 Å². The zero-order chi connectivity index (χ0) is 15.2. The molecule has 1 saturated carbocycles. The van der Waals surface area contributed by atoms with Gasteiger partial charge in [-0.05, 0) is 50.1 Å². The van der Waals surface area contributed by atoms with Crippen LogP contribution in [-0.2, 0) is 0 Å². The van der Waals surface area contributed by atoms with Crippen LogP contribution < -0.4 is 5.32 Å². The standard InChI is InChI=1S/C15H21ClN2O2S/c1-21-14-7-4-11(16)10-13(14)17-15(20)18(12-5-6-12)8-2-3-9-19/h4,7,10,12,19H,2-3,5-6,8-9H2,1H3,(H,17,20). The fourth-order valence-electron chi connectivity index (χ4n) is 2.19. The molecule has 1 fully saturated rings. The second kappa shape index (κ2) is 7.92. The van der Waals surface area contributed by atoms with E-state index < -0.39 is 0 Å². The number of nitrogens with zero attached hydrogens (tertiary/aromatic N) is 1. The molecule has 0 unspecified atom stereocenters. The Bertz CT molecular complexity index is 495. The van der Waals surface area contributed by atoms with Crippen LogP contribution in [0.4, 0.5) is 10.5 Å². The van der Waals surface area contributed by atoms with Gasteiger partial charge in [-0.2, -0.15) is 0 Å². The Morgan fingerprint density at radius 3 is 2.86 bits per heavy atom. The highest BCUT2D eigenvalue weighted by Gasteiger charge is 2.32. The second-order valence-corrected chi connectivity index (χ2v) is 6.41. The van der Waals surface area contributed by atoms with Crippen molar-refractivity contribution in [2.75, 3.05) is 24.7 Å². The predicted octanol–water partition coefficient (Wildman–Crippen LogP) is 3.83. The first-order valence-corrected chi connectivity index (χ1v) is 8.78. The average molecular weight is 329 g/mol. The number of rotatable bonds is 7. The molecule has 4 nitrogen and oxygen atoms in total. The van der Waals surface area contributed by atoms with E-state index in [9.17, 15) is 4.79 Å². The maximum Gasteiger partial charge on any atom is 0.322 e.